The van der Waals surface area contributed by atoms with Crippen molar-refractivity contribution in [3.8, 4) is 0 Å². The fourth-order valence-electron chi connectivity index (χ4n) is 1.79. The van der Waals surface area contributed by atoms with Gasteiger partial charge in [0.1, 0.15) is 0 Å². The molecule has 1 aromatic rings. The fraction of sp³-hybridized carbons (Fsp3) is 0.500. The van der Waals surface area contributed by atoms with Crippen LogP contribution in [-0.4, -0.2) is 5.91 Å². The van der Waals surface area contributed by atoms with Gasteiger partial charge in [-0.1, -0.05) is 19.8 Å². The van der Waals surface area contributed by atoms with Gasteiger partial charge in [-0.2, -0.15) is 26.3 Å². The number of unbranched alkanes of at least 4 members (excludes halogenated alkanes) is 2. The lowest BCUT2D eigenvalue weighted by atomic mass is 10.1. The van der Waals surface area contributed by atoms with Crippen LogP contribution in [0.3, 0.4) is 0 Å². The van der Waals surface area contributed by atoms with Gasteiger partial charge < -0.3 is 5.32 Å². The number of anilines is 1. The lowest BCUT2D eigenvalue weighted by molar-refractivity contribution is -0.143. The number of nitrogens with one attached hydrogen (secondary N) is 1. The molecular formula is C14H15F6NO. The molecule has 0 saturated heterocycles. The van der Waals surface area contributed by atoms with Crippen LogP contribution < -0.4 is 5.32 Å². The lowest BCUT2D eigenvalue weighted by Gasteiger charge is -2.14. The van der Waals surface area contributed by atoms with Gasteiger partial charge in [-0.15, -0.1) is 0 Å². The minimum absolute atomic E-state index is 0.0206. The summed E-state index contributed by atoms with van der Waals surface area (Å²) >= 11 is 0. The Morgan fingerprint density at radius 1 is 0.955 bits per heavy atom. The fourth-order valence-corrected chi connectivity index (χ4v) is 1.79. The van der Waals surface area contributed by atoms with Crippen molar-refractivity contribution in [1.29, 1.82) is 0 Å². The van der Waals surface area contributed by atoms with Gasteiger partial charge in [-0.05, 0) is 24.6 Å². The quantitative estimate of drug-likeness (QED) is 0.581. The van der Waals surface area contributed by atoms with Crippen LogP contribution in [0, 0.1) is 0 Å². The molecule has 0 radical (unpaired) electrons. The molecule has 8 heteroatoms. The van der Waals surface area contributed by atoms with Crippen LogP contribution in [0.4, 0.5) is 32.0 Å². The van der Waals surface area contributed by atoms with E-state index in [1.165, 1.54) is 0 Å². The Labute approximate surface area is 123 Å². The molecule has 0 saturated carbocycles. The summed E-state index contributed by atoms with van der Waals surface area (Å²) in [6.07, 6.45) is -7.69. The number of carbonyl (C=O) groups excluding carboxylic acids is 1. The molecule has 1 amide bonds. The van der Waals surface area contributed by atoms with E-state index in [2.05, 4.69) is 5.32 Å². The molecule has 0 spiro atoms. The average Bonchev–Trinajstić information content (AvgIpc) is 2.36. The van der Waals surface area contributed by atoms with Crippen molar-refractivity contribution in [1.82, 2.24) is 0 Å². The zero-order chi connectivity index (χ0) is 17.0. The van der Waals surface area contributed by atoms with Crippen molar-refractivity contribution >= 4 is 11.6 Å². The summed E-state index contributed by atoms with van der Waals surface area (Å²) in [6.45, 7) is 1.90. The number of amides is 1. The number of halogens is 6. The molecule has 0 unspecified atom stereocenters. The Balaban J connectivity index is 3.01. The van der Waals surface area contributed by atoms with E-state index in [1.54, 1.807) is 0 Å². The number of benzene rings is 1. The summed E-state index contributed by atoms with van der Waals surface area (Å²) in [5.74, 6) is -0.610. The number of hydrogen-bond donors (Lipinski definition) is 1. The molecule has 1 rings (SSSR count). The summed E-state index contributed by atoms with van der Waals surface area (Å²) < 4.78 is 75.9. The number of alkyl halides is 6. The van der Waals surface area contributed by atoms with Gasteiger partial charge in [0.15, 0.2) is 0 Å². The largest absolute Gasteiger partial charge is 0.416 e. The molecule has 0 fully saturated rings. The maximum atomic E-state index is 12.6. The Bertz CT molecular complexity index is 489. The highest BCUT2D eigenvalue weighted by atomic mass is 19.4. The van der Waals surface area contributed by atoms with Gasteiger partial charge in [-0.3, -0.25) is 4.79 Å². The summed E-state index contributed by atoms with van der Waals surface area (Å²) in [4.78, 5) is 11.5. The van der Waals surface area contributed by atoms with E-state index in [0.29, 0.717) is 18.6 Å². The minimum atomic E-state index is -4.93. The normalized spacial score (nSPS) is 12.3. The molecule has 0 aromatic heterocycles. The van der Waals surface area contributed by atoms with E-state index in [0.717, 1.165) is 12.8 Å². The first kappa shape index (κ1) is 18.3. The molecule has 0 aliphatic rings. The molecule has 1 N–H and O–H groups in total. The van der Waals surface area contributed by atoms with Crippen molar-refractivity contribution in [2.24, 2.45) is 0 Å². The smallest absolute Gasteiger partial charge is 0.326 e. The second kappa shape index (κ2) is 7.02. The predicted molar refractivity (Wildman–Crippen MR) is 69.2 cm³/mol. The molecule has 2 nitrogen and oxygen atoms in total. The molecule has 22 heavy (non-hydrogen) atoms. The second-order valence-electron chi connectivity index (χ2n) is 4.80. The first-order valence-corrected chi connectivity index (χ1v) is 6.63. The van der Waals surface area contributed by atoms with Crippen LogP contribution in [-0.2, 0) is 17.1 Å². The van der Waals surface area contributed by atoms with E-state index in [9.17, 15) is 31.1 Å². The molecule has 124 valence electrons. The number of hydrogen-bond acceptors (Lipinski definition) is 1. The Hall–Kier alpha value is -1.73. The molecule has 0 bridgehead atoms. The van der Waals surface area contributed by atoms with Crippen LogP contribution >= 0.6 is 0 Å². The zero-order valence-corrected chi connectivity index (χ0v) is 11.7. The SMILES string of the molecule is CCCCCC(=O)Nc1cc(C(F)(F)F)cc(C(F)(F)F)c1. The van der Waals surface area contributed by atoms with Gasteiger partial charge in [0, 0.05) is 12.1 Å². The molecular weight excluding hydrogens is 312 g/mol. The monoisotopic (exact) mass is 327 g/mol. The van der Waals surface area contributed by atoms with Crippen LogP contribution in [0.5, 0.6) is 0 Å². The summed E-state index contributed by atoms with van der Waals surface area (Å²) in [5, 5.41) is 2.09. The minimum Gasteiger partial charge on any atom is -0.326 e. The predicted octanol–water partition coefficient (Wildman–Crippen LogP) is 5.24. The summed E-state index contributed by atoms with van der Waals surface area (Å²) in [6, 6.07) is 1.01. The highest BCUT2D eigenvalue weighted by molar-refractivity contribution is 5.90. The maximum Gasteiger partial charge on any atom is 0.416 e. The van der Waals surface area contributed by atoms with Crippen molar-refractivity contribution < 1.29 is 31.1 Å². The van der Waals surface area contributed by atoms with Gasteiger partial charge in [0.05, 0.1) is 11.1 Å². The van der Waals surface area contributed by atoms with E-state index in [1.807, 2.05) is 6.92 Å². The van der Waals surface area contributed by atoms with Crippen molar-refractivity contribution in [3.63, 3.8) is 0 Å². The topological polar surface area (TPSA) is 29.1 Å². The van der Waals surface area contributed by atoms with Crippen molar-refractivity contribution in [3.05, 3.63) is 29.3 Å². The van der Waals surface area contributed by atoms with Crippen LogP contribution in [0.15, 0.2) is 18.2 Å². The van der Waals surface area contributed by atoms with Crippen molar-refractivity contribution in [2.75, 3.05) is 5.32 Å². The van der Waals surface area contributed by atoms with Gasteiger partial charge in [0.25, 0.3) is 0 Å². The average molecular weight is 327 g/mol. The highest BCUT2D eigenvalue weighted by Gasteiger charge is 2.37. The summed E-state index contributed by atoms with van der Waals surface area (Å²) in [7, 11) is 0. The van der Waals surface area contributed by atoms with Gasteiger partial charge >= 0.3 is 12.4 Å². The van der Waals surface area contributed by atoms with Crippen LogP contribution in [0.2, 0.25) is 0 Å². The van der Waals surface area contributed by atoms with Crippen LogP contribution in [0.25, 0.3) is 0 Å². The van der Waals surface area contributed by atoms with Crippen molar-refractivity contribution in [2.45, 2.75) is 45.0 Å². The third kappa shape index (κ3) is 5.57. The number of rotatable bonds is 5. The summed E-state index contributed by atoms with van der Waals surface area (Å²) in [5.41, 5.74) is -3.42. The molecule has 0 aliphatic heterocycles. The van der Waals surface area contributed by atoms with E-state index in [-0.39, 0.29) is 12.5 Å². The second-order valence-corrected chi connectivity index (χ2v) is 4.80. The standard InChI is InChI=1S/C14H15F6NO/c1-2-3-4-5-12(22)21-11-7-9(13(15,16)17)6-10(8-11)14(18,19)20/h6-8H,2-5H2,1H3,(H,21,22). The Kier molecular flexibility index (Phi) is 5.85. The maximum absolute atomic E-state index is 12.6. The molecule has 0 heterocycles. The third-order valence-electron chi connectivity index (χ3n) is 2.88. The van der Waals surface area contributed by atoms with E-state index < -0.39 is 35.1 Å². The first-order chi connectivity index (χ1) is 10.0. The zero-order valence-electron chi connectivity index (χ0n) is 11.7. The van der Waals surface area contributed by atoms with Gasteiger partial charge in [-0.25, -0.2) is 0 Å². The van der Waals surface area contributed by atoms with E-state index in [4.69, 9.17) is 0 Å². The van der Waals surface area contributed by atoms with Gasteiger partial charge in [0.2, 0.25) is 5.91 Å². The molecule has 0 aliphatic carbocycles. The highest BCUT2D eigenvalue weighted by Crippen LogP contribution is 2.37. The third-order valence-corrected chi connectivity index (χ3v) is 2.88. The lowest BCUT2D eigenvalue weighted by Crippen LogP contribution is -2.15. The first-order valence-electron chi connectivity index (χ1n) is 6.63. The molecule has 1 aromatic carbocycles. The van der Waals surface area contributed by atoms with E-state index >= 15 is 0 Å². The Morgan fingerprint density at radius 2 is 1.45 bits per heavy atom. The number of carbonyl (C=O) groups is 1. The molecule has 0 atom stereocenters. The van der Waals surface area contributed by atoms with Crippen LogP contribution in [0.1, 0.15) is 43.7 Å². The Morgan fingerprint density at radius 3 is 1.86 bits per heavy atom.